The SMILES string of the molecule is CCOc1cc(OCC)cc(C(=O)Nc2ccc(Cl)c(-c3ccc(CO)o3)c2)c1. The molecule has 0 aliphatic carbocycles. The third kappa shape index (κ3) is 5.10. The Hall–Kier alpha value is -2.96. The number of aliphatic hydroxyl groups is 1. The fraction of sp³-hybridized carbons (Fsp3) is 0.227. The Morgan fingerprint density at radius 2 is 1.72 bits per heavy atom. The minimum Gasteiger partial charge on any atom is -0.494 e. The number of benzene rings is 2. The summed E-state index contributed by atoms with van der Waals surface area (Å²) in [5.74, 6) is 1.75. The summed E-state index contributed by atoms with van der Waals surface area (Å²) in [4.78, 5) is 12.8. The molecule has 2 N–H and O–H groups in total. The standard InChI is InChI=1S/C22H22ClNO5/c1-3-27-17-9-14(10-18(12-17)28-4-2)22(26)24-15-5-7-20(23)19(11-15)21-8-6-16(13-25)29-21/h5-12,25H,3-4,13H2,1-2H3,(H,24,26). The number of nitrogens with one attached hydrogen (secondary N) is 1. The first-order valence-corrected chi connectivity index (χ1v) is 9.63. The lowest BCUT2D eigenvalue weighted by molar-refractivity contribution is 0.102. The molecule has 0 unspecified atom stereocenters. The zero-order valence-electron chi connectivity index (χ0n) is 16.2. The molecule has 0 saturated carbocycles. The predicted molar refractivity (Wildman–Crippen MR) is 112 cm³/mol. The molecular weight excluding hydrogens is 394 g/mol. The quantitative estimate of drug-likeness (QED) is 0.532. The van der Waals surface area contributed by atoms with Crippen LogP contribution in [0.3, 0.4) is 0 Å². The van der Waals surface area contributed by atoms with Crippen molar-refractivity contribution in [3.8, 4) is 22.8 Å². The number of furan rings is 1. The summed E-state index contributed by atoms with van der Waals surface area (Å²) < 4.78 is 16.6. The normalized spacial score (nSPS) is 10.6. The number of hydrogen-bond donors (Lipinski definition) is 2. The molecule has 0 atom stereocenters. The Balaban J connectivity index is 1.86. The predicted octanol–water partition coefficient (Wildman–Crippen LogP) is 5.14. The second-order valence-corrected chi connectivity index (χ2v) is 6.54. The lowest BCUT2D eigenvalue weighted by atomic mass is 10.1. The number of carbonyl (C=O) groups excluding carboxylic acids is 1. The Morgan fingerprint density at radius 3 is 2.31 bits per heavy atom. The first kappa shape index (κ1) is 20.8. The summed E-state index contributed by atoms with van der Waals surface area (Å²) >= 11 is 6.28. The van der Waals surface area contributed by atoms with E-state index in [1.165, 1.54) is 0 Å². The molecule has 0 aliphatic heterocycles. The van der Waals surface area contributed by atoms with Crippen molar-refractivity contribution in [1.29, 1.82) is 0 Å². The smallest absolute Gasteiger partial charge is 0.255 e. The number of ether oxygens (including phenoxy) is 2. The van der Waals surface area contributed by atoms with E-state index in [9.17, 15) is 9.90 Å². The fourth-order valence-corrected chi connectivity index (χ4v) is 3.02. The van der Waals surface area contributed by atoms with Gasteiger partial charge in [0.1, 0.15) is 29.6 Å². The van der Waals surface area contributed by atoms with Crippen molar-refractivity contribution < 1.29 is 23.8 Å². The van der Waals surface area contributed by atoms with E-state index in [0.29, 0.717) is 58.1 Å². The second-order valence-electron chi connectivity index (χ2n) is 6.13. The molecule has 3 rings (SSSR count). The van der Waals surface area contributed by atoms with Crippen LogP contribution in [0.15, 0.2) is 52.9 Å². The van der Waals surface area contributed by atoms with Crippen LogP contribution >= 0.6 is 11.6 Å². The van der Waals surface area contributed by atoms with Crippen LogP contribution in [0, 0.1) is 0 Å². The highest BCUT2D eigenvalue weighted by Crippen LogP contribution is 2.32. The van der Waals surface area contributed by atoms with Gasteiger partial charge in [0.05, 0.1) is 18.2 Å². The summed E-state index contributed by atoms with van der Waals surface area (Å²) in [7, 11) is 0. The van der Waals surface area contributed by atoms with Gasteiger partial charge in [0.15, 0.2) is 0 Å². The molecule has 1 heterocycles. The van der Waals surface area contributed by atoms with Crippen LogP contribution in [-0.4, -0.2) is 24.2 Å². The van der Waals surface area contributed by atoms with Crippen molar-refractivity contribution in [1.82, 2.24) is 0 Å². The molecule has 2 aromatic carbocycles. The molecule has 152 valence electrons. The van der Waals surface area contributed by atoms with Gasteiger partial charge in [0.2, 0.25) is 0 Å². The minimum atomic E-state index is -0.309. The first-order chi connectivity index (χ1) is 14.0. The average Bonchev–Trinajstić information content (AvgIpc) is 3.19. The van der Waals surface area contributed by atoms with E-state index in [1.54, 1.807) is 48.5 Å². The summed E-state index contributed by atoms with van der Waals surface area (Å²) in [6.45, 7) is 4.51. The summed E-state index contributed by atoms with van der Waals surface area (Å²) in [5, 5.41) is 12.5. The second kappa shape index (κ2) is 9.49. The van der Waals surface area contributed by atoms with Gasteiger partial charge in [-0.3, -0.25) is 4.79 Å². The molecule has 29 heavy (non-hydrogen) atoms. The fourth-order valence-electron chi connectivity index (χ4n) is 2.81. The molecule has 0 radical (unpaired) electrons. The van der Waals surface area contributed by atoms with Crippen molar-refractivity contribution in [3.63, 3.8) is 0 Å². The zero-order chi connectivity index (χ0) is 20.8. The Bertz CT molecular complexity index is 974. The number of hydrogen-bond acceptors (Lipinski definition) is 5. The van der Waals surface area contributed by atoms with Gasteiger partial charge in [-0.1, -0.05) is 11.6 Å². The highest BCUT2D eigenvalue weighted by Gasteiger charge is 2.14. The van der Waals surface area contributed by atoms with Crippen LogP contribution in [0.4, 0.5) is 5.69 Å². The number of aliphatic hydroxyl groups excluding tert-OH is 1. The summed E-state index contributed by atoms with van der Waals surface area (Å²) in [6, 6.07) is 13.6. The van der Waals surface area contributed by atoms with E-state index >= 15 is 0 Å². The molecule has 3 aromatic rings. The minimum absolute atomic E-state index is 0.202. The van der Waals surface area contributed by atoms with Gasteiger partial charge in [0, 0.05) is 22.9 Å². The monoisotopic (exact) mass is 415 g/mol. The number of rotatable bonds is 8. The van der Waals surface area contributed by atoms with Crippen molar-refractivity contribution in [2.75, 3.05) is 18.5 Å². The number of anilines is 1. The average molecular weight is 416 g/mol. The van der Waals surface area contributed by atoms with Crippen LogP contribution in [0.25, 0.3) is 11.3 Å². The summed E-state index contributed by atoms with van der Waals surface area (Å²) in [5.41, 5.74) is 1.58. The zero-order valence-corrected chi connectivity index (χ0v) is 17.0. The van der Waals surface area contributed by atoms with Crippen LogP contribution in [0.2, 0.25) is 5.02 Å². The van der Waals surface area contributed by atoms with Gasteiger partial charge >= 0.3 is 0 Å². The molecule has 0 bridgehead atoms. The maximum Gasteiger partial charge on any atom is 0.255 e. The van der Waals surface area contributed by atoms with Crippen molar-refractivity contribution in [3.05, 3.63) is 64.9 Å². The maximum atomic E-state index is 12.8. The van der Waals surface area contributed by atoms with Gasteiger partial charge in [-0.25, -0.2) is 0 Å². The highest BCUT2D eigenvalue weighted by atomic mass is 35.5. The van der Waals surface area contributed by atoms with E-state index < -0.39 is 0 Å². The molecule has 0 spiro atoms. The van der Waals surface area contributed by atoms with Crippen molar-refractivity contribution >= 4 is 23.2 Å². The van der Waals surface area contributed by atoms with Crippen LogP contribution in [0.5, 0.6) is 11.5 Å². The van der Waals surface area contributed by atoms with Crippen LogP contribution in [-0.2, 0) is 6.61 Å². The molecule has 1 amide bonds. The van der Waals surface area contributed by atoms with E-state index in [2.05, 4.69) is 5.32 Å². The maximum absolute atomic E-state index is 12.8. The molecular formula is C22H22ClNO5. The number of halogens is 1. The topological polar surface area (TPSA) is 80.9 Å². The molecule has 0 fully saturated rings. The third-order valence-electron chi connectivity index (χ3n) is 4.07. The molecule has 6 nitrogen and oxygen atoms in total. The van der Waals surface area contributed by atoms with Crippen LogP contribution < -0.4 is 14.8 Å². The van der Waals surface area contributed by atoms with Crippen molar-refractivity contribution in [2.45, 2.75) is 20.5 Å². The largest absolute Gasteiger partial charge is 0.494 e. The molecule has 1 aromatic heterocycles. The van der Waals surface area contributed by atoms with Gasteiger partial charge in [-0.15, -0.1) is 0 Å². The molecule has 0 saturated heterocycles. The lowest BCUT2D eigenvalue weighted by Crippen LogP contribution is -2.12. The van der Waals surface area contributed by atoms with E-state index in [4.69, 9.17) is 25.5 Å². The Kier molecular flexibility index (Phi) is 6.80. The van der Waals surface area contributed by atoms with E-state index in [1.807, 2.05) is 13.8 Å². The van der Waals surface area contributed by atoms with E-state index in [-0.39, 0.29) is 12.5 Å². The van der Waals surface area contributed by atoms with Gasteiger partial charge in [-0.2, -0.15) is 0 Å². The molecule has 7 heteroatoms. The van der Waals surface area contributed by atoms with Gasteiger partial charge in [-0.05, 0) is 56.3 Å². The van der Waals surface area contributed by atoms with Gasteiger partial charge in [0.25, 0.3) is 5.91 Å². The first-order valence-electron chi connectivity index (χ1n) is 9.25. The Morgan fingerprint density at radius 1 is 1.03 bits per heavy atom. The molecule has 0 aliphatic rings. The Labute approximate surface area is 174 Å². The van der Waals surface area contributed by atoms with Crippen LogP contribution in [0.1, 0.15) is 30.0 Å². The summed E-state index contributed by atoms with van der Waals surface area (Å²) in [6.07, 6.45) is 0. The van der Waals surface area contributed by atoms with Crippen molar-refractivity contribution in [2.24, 2.45) is 0 Å². The van der Waals surface area contributed by atoms with E-state index in [0.717, 1.165) is 0 Å². The third-order valence-corrected chi connectivity index (χ3v) is 4.40. The highest BCUT2D eigenvalue weighted by molar-refractivity contribution is 6.33. The number of amides is 1. The van der Waals surface area contributed by atoms with Gasteiger partial charge < -0.3 is 24.3 Å². The number of carbonyl (C=O) groups is 1. The lowest BCUT2D eigenvalue weighted by Gasteiger charge is -2.12.